The Morgan fingerprint density at radius 3 is 1.98 bits per heavy atom. The van der Waals surface area contributed by atoms with E-state index in [9.17, 15) is 0 Å². The third-order valence-electron chi connectivity index (χ3n) is 11.9. The molecule has 254 valence electrons. The molecule has 1 spiro atoms. The number of hydrogen-bond donors (Lipinski definition) is 0. The topological polar surface area (TPSA) is 8.17 Å². The van der Waals surface area contributed by atoms with E-state index >= 15 is 0 Å². The van der Waals surface area contributed by atoms with Crippen LogP contribution in [0.25, 0.3) is 58.3 Å². The smallest absolute Gasteiger partial charge is 0.0622 e. The first-order valence-electron chi connectivity index (χ1n) is 18.5. The second-order valence-corrected chi connectivity index (χ2v) is 18.4. The summed E-state index contributed by atoms with van der Waals surface area (Å²) in [6, 6.07) is 61.7. The number of benzene rings is 7. The van der Waals surface area contributed by atoms with E-state index in [1.165, 1.54) is 94.3 Å². The number of para-hydroxylation sites is 2. The molecule has 2 aliphatic rings. The van der Waals surface area contributed by atoms with Gasteiger partial charge in [0.05, 0.1) is 0 Å². The molecule has 2 nitrogen and oxygen atoms in total. The average molecular weight is 819 g/mol. The predicted octanol–water partition coefficient (Wildman–Crippen LogP) is 12.2. The van der Waals surface area contributed by atoms with Crippen LogP contribution in [0.2, 0.25) is 0 Å². The number of nitrogens with zero attached hydrogens (tertiary/aromatic N) is 2. The second-order valence-electron chi connectivity index (χ2n) is 14.6. The first-order chi connectivity index (χ1) is 26.7. The van der Waals surface area contributed by atoms with Crippen molar-refractivity contribution in [2.75, 3.05) is 4.90 Å². The van der Waals surface area contributed by atoms with Crippen LogP contribution < -0.4 is 4.90 Å². The zero-order valence-electron chi connectivity index (χ0n) is 29.5. The molecule has 3 aromatic heterocycles. The van der Waals surface area contributed by atoms with Crippen molar-refractivity contribution in [1.82, 2.24) is 4.57 Å². The summed E-state index contributed by atoms with van der Waals surface area (Å²) < 4.78 is 5.72. The van der Waals surface area contributed by atoms with Crippen molar-refractivity contribution in [2.24, 2.45) is 0 Å². The van der Waals surface area contributed by atoms with Gasteiger partial charge in [-0.15, -0.1) is 0 Å². The number of aromatic nitrogens is 1. The monoisotopic (exact) mass is 820 g/mol. The predicted molar refractivity (Wildman–Crippen MR) is 228 cm³/mol. The fraction of sp³-hybridized carbons (Fsp3) is 0.0400. The summed E-state index contributed by atoms with van der Waals surface area (Å²) in [5.41, 5.74) is 16.5. The average Bonchev–Trinajstić information content (AvgIpc) is 4.01. The number of fused-ring (bicyclic) bond motifs is 13. The molecule has 0 N–H and O–H groups in total. The minimum absolute atomic E-state index is 0.341. The Hall–Kier alpha value is -5.60. The number of hydrogen-bond acceptors (Lipinski definition) is 1. The summed E-state index contributed by atoms with van der Waals surface area (Å²) in [5.74, 6) is 0. The quantitative estimate of drug-likeness (QED) is 0.161. The number of rotatable bonds is 3. The van der Waals surface area contributed by atoms with E-state index < -0.39 is 0 Å². The fourth-order valence-corrected chi connectivity index (χ4v) is 14.5. The molecular weight excluding hydrogens is 786 g/mol. The molecule has 12 rings (SSSR count). The van der Waals surface area contributed by atoms with Crippen LogP contribution >= 0.6 is 0 Å². The van der Waals surface area contributed by atoms with Gasteiger partial charge in [-0.3, -0.25) is 0 Å². The Balaban J connectivity index is 1.21. The summed E-state index contributed by atoms with van der Waals surface area (Å²) in [6.45, 7) is 2.26. The second kappa shape index (κ2) is 11.5. The molecule has 7 aromatic carbocycles. The molecule has 0 fully saturated rings. The molecule has 4 heteroatoms. The molecule has 10 aromatic rings. The van der Waals surface area contributed by atoms with Crippen molar-refractivity contribution >= 4 is 78.6 Å². The van der Waals surface area contributed by atoms with Crippen LogP contribution in [0.15, 0.2) is 174 Å². The molecule has 1 aliphatic carbocycles. The van der Waals surface area contributed by atoms with Gasteiger partial charge < -0.3 is 0 Å². The van der Waals surface area contributed by atoms with Gasteiger partial charge in [0, 0.05) is 0 Å². The van der Waals surface area contributed by atoms with Gasteiger partial charge in [0.1, 0.15) is 0 Å². The van der Waals surface area contributed by atoms with Gasteiger partial charge in [0.25, 0.3) is 0 Å². The van der Waals surface area contributed by atoms with E-state index in [1.807, 2.05) is 0 Å². The van der Waals surface area contributed by atoms with Gasteiger partial charge in [-0.2, -0.15) is 0 Å². The minimum Gasteiger partial charge on any atom is -0.0622 e. The van der Waals surface area contributed by atoms with E-state index in [0.717, 1.165) is 0 Å². The van der Waals surface area contributed by atoms with Crippen LogP contribution in [0.4, 0.5) is 17.1 Å². The Morgan fingerprint density at radius 2 is 1.17 bits per heavy atom. The molecule has 0 saturated carbocycles. The van der Waals surface area contributed by atoms with Crippen molar-refractivity contribution in [3.63, 3.8) is 0 Å². The van der Waals surface area contributed by atoms with Crippen LogP contribution in [0.5, 0.6) is 0 Å². The summed E-state index contributed by atoms with van der Waals surface area (Å²) in [5, 5.41) is 5.05. The van der Waals surface area contributed by atoms with Crippen molar-refractivity contribution in [2.45, 2.75) is 12.3 Å². The molecule has 1 aliphatic heterocycles. The third kappa shape index (κ3) is 4.06. The Kier molecular flexibility index (Phi) is 6.54. The standard InChI is InChI=1S/C50H32N2Se2/c1-31-27-35(21-22-37(31)33-12-3-2-4-13-33)52-45-18-10-8-16-40(45)50(41-23-25-53-48(41)49-42(50)24-26-54-49)43-30-46-39(29-47(43)52)38-15-7-9-17-44(38)51(46)36-20-19-32-11-5-6-14-34(32)28-36/h2-30H,1H3. The van der Waals surface area contributed by atoms with E-state index in [1.54, 1.807) is 8.87 Å². The van der Waals surface area contributed by atoms with Crippen LogP contribution in [0, 0.1) is 6.92 Å². The van der Waals surface area contributed by atoms with Crippen molar-refractivity contribution in [3.8, 4) is 25.7 Å². The molecule has 0 radical (unpaired) electrons. The molecule has 0 saturated heterocycles. The first kappa shape index (κ1) is 30.8. The summed E-state index contributed by atoms with van der Waals surface area (Å²) in [6.07, 6.45) is 0. The van der Waals surface area contributed by atoms with Crippen molar-refractivity contribution in [1.29, 1.82) is 0 Å². The molecular formula is C50H32N2Se2. The van der Waals surface area contributed by atoms with E-state index in [4.69, 9.17) is 0 Å². The zero-order valence-corrected chi connectivity index (χ0v) is 32.9. The Labute approximate surface area is 325 Å². The fourth-order valence-electron chi connectivity index (χ4n) is 9.64. The van der Waals surface area contributed by atoms with Gasteiger partial charge in [0.2, 0.25) is 0 Å². The number of aryl methyl sites for hydroxylation is 1. The van der Waals surface area contributed by atoms with Crippen LogP contribution in [-0.2, 0) is 5.41 Å². The van der Waals surface area contributed by atoms with Gasteiger partial charge in [-0.1, -0.05) is 24.3 Å². The van der Waals surface area contributed by atoms with E-state index in [2.05, 4.69) is 190 Å². The van der Waals surface area contributed by atoms with Crippen LogP contribution in [0.3, 0.4) is 0 Å². The number of anilines is 3. The van der Waals surface area contributed by atoms with Crippen LogP contribution in [-0.4, -0.2) is 33.6 Å². The van der Waals surface area contributed by atoms with Gasteiger partial charge in [-0.05, 0) is 0 Å². The molecule has 0 unspecified atom stereocenters. The Morgan fingerprint density at radius 1 is 0.463 bits per heavy atom. The summed E-state index contributed by atoms with van der Waals surface area (Å²) in [7, 11) is 0. The van der Waals surface area contributed by atoms with Gasteiger partial charge in [-0.25, -0.2) is 0 Å². The van der Waals surface area contributed by atoms with E-state index in [0.29, 0.717) is 29.0 Å². The maximum atomic E-state index is 2.58. The van der Waals surface area contributed by atoms with Crippen molar-refractivity contribution < 1.29 is 0 Å². The Bertz CT molecular complexity index is 3100. The third-order valence-corrected chi connectivity index (χ3v) is 16.4. The normalized spacial score (nSPS) is 13.8. The minimum atomic E-state index is -0.380. The molecule has 0 bridgehead atoms. The van der Waals surface area contributed by atoms with Gasteiger partial charge >= 0.3 is 303 Å². The zero-order chi connectivity index (χ0) is 35.5. The summed E-state index contributed by atoms with van der Waals surface area (Å²) >= 11 is 0.682. The molecule has 0 atom stereocenters. The molecule has 0 amide bonds. The SMILES string of the molecule is Cc1cc(N2c3ccccc3C3(c4cc5c(cc42)c2ccccc2n5-c2ccc4ccccc4c2)c2cc[se]c2-c2[se]ccc23)ccc1-c1ccccc1. The van der Waals surface area contributed by atoms with Gasteiger partial charge in [0.15, 0.2) is 0 Å². The van der Waals surface area contributed by atoms with E-state index in [-0.39, 0.29) is 5.41 Å². The first-order valence-corrected chi connectivity index (χ1v) is 22.2. The summed E-state index contributed by atoms with van der Waals surface area (Å²) in [4.78, 5) is 7.48. The molecule has 54 heavy (non-hydrogen) atoms. The van der Waals surface area contributed by atoms with Crippen molar-refractivity contribution in [3.05, 3.63) is 201 Å². The molecule has 4 heterocycles. The van der Waals surface area contributed by atoms with Crippen LogP contribution in [0.1, 0.15) is 27.8 Å². The maximum absolute atomic E-state index is 2.58.